The number of nitrogens with zero attached hydrogens (tertiary/aromatic N) is 2. The van der Waals surface area contributed by atoms with Crippen LogP contribution < -0.4 is 0 Å². The Kier molecular flexibility index (Phi) is 2.77. The fourth-order valence-electron chi connectivity index (χ4n) is 2.10. The Morgan fingerprint density at radius 1 is 1.47 bits per heavy atom. The molecule has 0 aromatic rings. The lowest BCUT2D eigenvalue weighted by Crippen LogP contribution is -2.61. The van der Waals surface area contributed by atoms with Crippen LogP contribution in [0.15, 0.2) is 0 Å². The van der Waals surface area contributed by atoms with Crippen molar-refractivity contribution < 1.29 is 19.5 Å². The van der Waals surface area contributed by atoms with Crippen LogP contribution in [0.4, 0.5) is 4.79 Å². The topological polar surface area (TPSA) is 70.1 Å². The van der Waals surface area contributed by atoms with Crippen molar-refractivity contribution in [3.05, 3.63) is 0 Å². The quantitative estimate of drug-likeness (QED) is 0.580. The molecule has 0 aromatic carbocycles. The van der Waals surface area contributed by atoms with Gasteiger partial charge in [-0.15, -0.1) is 0 Å². The van der Waals surface area contributed by atoms with Gasteiger partial charge in [0, 0.05) is 19.0 Å². The molecule has 1 aliphatic carbocycles. The number of carbonyl (C=O) groups is 2. The maximum Gasteiger partial charge on any atom is 0.346 e. The third-order valence-electron chi connectivity index (χ3n) is 3.20. The van der Waals surface area contributed by atoms with Gasteiger partial charge in [-0.3, -0.25) is 10.0 Å². The molecule has 0 radical (unpaired) electrons. The molecule has 1 atom stereocenters. The molecule has 6 heteroatoms. The minimum atomic E-state index is -0.903. The van der Waals surface area contributed by atoms with Gasteiger partial charge in [0.1, 0.15) is 0 Å². The minimum absolute atomic E-state index is 0.0473. The molecule has 96 valence electrons. The number of hydrogen-bond donors (Lipinski definition) is 1. The molecule has 2 aliphatic rings. The molecule has 1 unspecified atom stereocenters. The van der Waals surface area contributed by atoms with Crippen LogP contribution in [0.25, 0.3) is 0 Å². The van der Waals surface area contributed by atoms with Gasteiger partial charge in [0.15, 0.2) is 0 Å². The van der Waals surface area contributed by atoms with E-state index in [-0.39, 0.29) is 11.9 Å². The fourth-order valence-corrected chi connectivity index (χ4v) is 2.10. The van der Waals surface area contributed by atoms with E-state index >= 15 is 0 Å². The van der Waals surface area contributed by atoms with E-state index in [1.807, 2.05) is 13.8 Å². The van der Waals surface area contributed by atoms with E-state index in [4.69, 9.17) is 4.74 Å². The summed E-state index contributed by atoms with van der Waals surface area (Å²) >= 11 is 0. The fraction of sp³-hybridized carbons (Fsp3) is 0.818. The summed E-state index contributed by atoms with van der Waals surface area (Å²) in [6.45, 7) is 4.14. The molecule has 0 aromatic heterocycles. The molecule has 0 bridgehead atoms. The summed E-state index contributed by atoms with van der Waals surface area (Å²) in [4.78, 5) is 24.6. The zero-order valence-electron chi connectivity index (χ0n) is 10.3. The zero-order valence-corrected chi connectivity index (χ0v) is 10.3. The van der Waals surface area contributed by atoms with Gasteiger partial charge in [-0.05, 0) is 12.8 Å². The number of esters is 1. The lowest BCUT2D eigenvalue weighted by molar-refractivity contribution is -0.237. The van der Waals surface area contributed by atoms with Crippen LogP contribution in [0.1, 0.15) is 26.7 Å². The molecule has 1 N–H and O–H groups in total. The number of hydrogen-bond acceptors (Lipinski definition) is 4. The van der Waals surface area contributed by atoms with E-state index in [2.05, 4.69) is 0 Å². The lowest BCUT2D eigenvalue weighted by atomic mass is 9.88. The van der Waals surface area contributed by atoms with Crippen LogP contribution in [0.2, 0.25) is 0 Å². The molecule has 6 nitrogen and oxygen atoms in total. The van der Waals surface area contributed by atoms with Gasteiger partial charge in [-0.25, -0.2) is 4.79 Å². The van der Waals surface area contributed by atoms with Crippen LogP contribution in [0.3, 0.4) is 0 Å². The highest BCUT2D eigenvalue weighted by Crippen LogP contribution is 2.35. The standard InChI is InChI=1S/C11H18N2O4/c1-11(2)6-12(3)10(15)13(16)9(11)17-8(14)7-4-5-7/h7,9,16H,4-6H2,1-3H3. The summed E-state index contributed by atoms with van der Waals surface area (Å²) in [5, 5.41) is 10.3. The molecule has 1 saturated heterocycles. The normalized spacial score (nSPS) is 28.2. The molecular formula is C11H18N2O4. The summed E-state index contributed by atoms with van der Waals surface area (Å²) in [5.74, 6) is -0.367. The van der Waals surface area contributed by atoms with Crippen molar-refractivity contribution in [2.75, 3.05) is 13.6 Å². The molecule has 0 spiro atoms. The summed E-state index contributed by atoms with van der Waals surface area (Å²) in [6, 6.07) is -0.544. The van der Waals surface area contributed by atoms with Gasteiger partial charge in [0.25, 0.3) is 0 Å². The van der Waals surface area contributed by atoms with Gasteiger partial charge in [0.2, 0.25) is 6.23 Å². The third-order valence-corrected chi connectivity index (χ3v) is 3.20. The van der Waals surface area contributed by atoms with E-state index in [1.54, 1.807) is 7.05 Å². The van der Waals surface area contributed by atoms with Gasteiger partial charge in [-0.1, -0.05) is 13.8 Å². The monoisotopic (exact) mass is 242 g/mol. The Hall–Kier alpha value is -1.30. The van der Waals surface area contributed by atoms with Crippen molar-refractivity contribution in [1.82, 2.24) is 9.96 Å². The maximum absolute atomic E-state index is 11.6. The second-order valence-corrected chi connectivity index (χ2v) is 5.54. The molecule has 2 fully saturated rings. The van der Waals surface area contributed by atoms with Crippen molar-refractivity contribution in [3.8, 4) is 0 Å². The summed E-state index contributed by atoms with van der Waals surface area (Å²) in [6.07, 6.45) is 0.774. The first-order chi connectivity index (χ1) is 7.83. The first-order valence-electron chi connectivity index (χ1n) is 5.76. The predicted molar refractivity (Wildman–Crippen MR) is 58.0 cm³/mol. The molecule has 1 saturated carbocycles. The molecule has 2 rings (SSSR count). The number of ether oxygens (including phenoxy) is 1. The van der Waals surface area contributed by atoms with Gasteiger partial charge < -0.3 is 9.64 Å². The predicted octanol–water partition coefficient (Wildman–Crippen LogP) is 1.05. The van der Waals surface area contributed by atoms with E-state index in [0.29, 0.717) is 11.6 Å². The first-order valence-corrected chi connectivity index (χ1v) is 5.76. The number of rotatable bonds is 2. The van der Waals surface area contributed by atoms with Gasteiger partial charge in [0.05, 0.1) is 5.92 Å². The highest BCUT2D eigenvalue weighted by atomic mass is 16.6. The summed E-state index contributed by atoms with van der Waals surface area (Å²) in [5.41, 5.74) is -0.498. The molecule has 1 heterocycles. The number of carbonyl (C=O) groups excluding carboxylic acids is 2. The van der Waals surface area contributed by atoms with Crippen molar-refractivity contribution in [2.45, 2.75) is 32.9 Å². The van der Waals surface area contributed by atoms with Gasteiger partial charge >= 0.3 is 12.0 Å². The molecule has 2 amide bonds. The van der Waals surface area contributed by atoms with Crippen molar-refractivity contribution >= 4 is 12.0 Å². The average Bonchev–Trinajstić information content (AvgIpc) is 3.04. The molecular weight excluding hydrogens is 224 g/mol. The van der Waals surface area contributed by atoms with E-state index in [0.717, 1.165) is 12.8 Å². The van der Waals surface area contributed by atoms with Crippen molar-refractivity contribution in [3.63, 3.8) is 0 Å². The summed E-state index contributed by atoms with van der Waals surface area (Å²) < 4.78 is 5.25. The number of urea groups is 1. The minimum Gasteiger partial charge on any atom is -0.438 e. The second kappa shape index (κ2) is 3.87. The van der Waals surface area contributed by atoms with Crippen LogP contribution >= 0.6 is 0 Å². The van der Waals surface area contributed by atoms with Crippen molar-refractivity contribution in [2.24, 2.45) is 11.3 Å². The highest BCUT2D eigenvalue weighted by Gasteiger charge is 2.47. The average molecular weight is 242 g/mol. The highest BCUT2D eigenvalue weighted by molar-refractivity contribution is 5.77. The summed E-state index contributed by atoms with van der Waals surface area (Å²) in [7, 11) is 1.60. The maximum atomic E-state index is 11.6. The largest absolute Gasteiger partial charge is 0.438 e. The molecule has 1 aliphatic heterocycles. The Morgan fingerprint density at radius 2 is 2.06 bits per heavy atom. The lowest BCUT2D eigenvalue weighted by Gasteiger charge is -2.45. The van der Waals surface area contributed by atoms with Crippen LogP contribution in [0, 0.1) is 11.3 Å². The SMILES string of the molecule is CN1CC(C)(C)C(OC(=O)C2CC2)N(O)C1=O. The first kappa shape index (κ1) is 12.2. The Bertz CT molecular complexity index is 351. The van der Waals surface area contributed by atoms with E-state index in [9.17, 15) is 14.8 Å². The number of amides is 2. The number of hydroxylamine groups is 2. The van der Waals surface area contributed by atoms with Gasteiger partial charge in [-0.2, -0.15) is 5.06 Å². The Labute approximate surface area is 100 Å². The van der Waals surface area contributed by atoms with Crippen LogP contribution in [0.5, 0.6) is 0 Å². The smallest absolute Gasteiger partial charge is 0.346 e. The van der Waals surface area contributed by atoms with E-state index in [1.165, 1.54) is 4.90 Å². The van der Waals surface area contributed by atoms with Crippen LogP contribution in [-0.4, -0.2) is 47.0 Å². The Balaban J connectivity index is 2.11. The molecule has 17 heavy (non-hydrogen) atoms. The third kappa shape index (κ3) is 2.22. The van der Waals surface area contributed by atoms with Crippen molar-refractivity contribution in [1.29, 1.82) is 0 Å². The second-order valence-electron chi connectivity index (χ2n) is 5.54. The van der Waals surface area contributed by atoms with E-state index < -0.39 is 17.7 Å². The Morgan fingerprint density at radius 3 is 2.59 bits per heavy atom. The zero-order chi connectivity index (χ0) is 12.8. The van der Waals surface area contributed by atoms with Crippen LogP contribution in [-0.2, 0) is 9.53 Å².